The minimum Gasteiger partial charge on any atom is -0.444 e. The number of aliphatic hydroxyl groups excluding tert-OH is 1. The van der Waals surface area contributed by atoms with Crippen LogP contribution in [0.2, 0.25) is 0 Å². The van der Waals surface area contributed by atoms with Crippen LogP contribution in [0.5, 0.6) is 0 Å². The number of alkyl halides is 2. The molecule has 1 heterocycles. The van der Waals surface area contributed by atoms with Gasteiger partial charge in [-0.2, -0.15) is 0 Å². The van der Waals surface area contributed by atoms with Gasteiger partial charge >= 0.3 is 6.09 Å². The summed E-state index contributed by atoms with van der Waals surface area (Å²) in [4.78, 5) is 12.4. The molecule has 0 unspecified atom stereocenters. The molecule has 1 fully saturated rings. The van der Waals surface area contributed by atoms with E-state index in [1.54, 1.807) is 20.8 Å². The van der Waals surface area contributed by atoms with Crippen molar-refractivity contribution in [3.05, 3.63) is 0 Å². The molecule has 0 spiro atoms. The molecule has 0 aliphatic carbocycles. The molecule has 1 rings (SSSR count). The highest BCUT2D eigenvalue weighted by Crippen LogP contribution is 2.19. The molecule has 1 N–H and O–H groups in total. The minimum absolute atomic E-state index is 0.337. The van der Waals surface area contributed by atoms with Crippen molar-refractivity contribution in [1.29, 1.82) is 0 Å². The molecule has 0 aromatic carbocycles. The molecule has 1 amide bonds. The van der Waals surface area contributed by atoms with Crippen LogP contribution in [0.15, 0.2) is 0 Å². The molecule has 4 nitrogen and oxygen atoms in total. The van der Waals surface area contributed by atoms with Crippen LogP contribution in [-0.4, -0.2) is 53.2 Å². The van der Waals surface area contributed by atoms with E-state index in [2.05, 4.69) is 0 Å². The second-order valence-corrected chi connectivity index (χ2v) is 4.91. The molecule has 1 aliphatic heterocycles. The van der Waals surface area contributed by atoms with Gasteiger partial charge in [-0.15, -0.1) is 0 Å². The van der Waals surface area contributed by atoms with E-state index in [9.17, 15) is 13.6 Å². The number of amides is 1. The van der Waals surface area contributed by atoms with Crippen LogP contribution >= 0.6 is 0 Å². The Labute approximate surface area is 93.2 Å². The summed E-state index contributed by atoms with van der Waals surface area (Å²) in [6, 6.07) is 0. The average Bonchev–Trinajstić information content (AvgIpc) is 2.10. The zero-order valence-corrected chi connectivity index (χ0v) is 9.61. The van der Waals surface area contributed by atoms with E-state index in [1.165, 1.54) is 0 Å². The van der Waals surface area contributed by atoms with Crippen molar-refractivity contribution in [2.75, 3.05) is 13.1 Å². The molecule has 0 aromatic heterocycles. The topological polar surface area (TPSA) is 49.8 Å². The van der Waals surface area contributed by atoms with Gasteiger partial charge < -0.3 is 14.7 Å². The second-order valence-electron chi connectivity index (χ2n) is 4.91. The first-order valence-electron chi connectivity index (χ1n) is 5.15. The van der Waals surface area contributed by atoms with Gasteiger partial charge in [0.15, 0.2) is 0 Å². The molecule has 0 aromatic rings. The third kappa shape index (κ3) is 3.30. The summed E-state index contributed by atoms with van der Waals surface area (Å²) in [5.74, 6) is 0. The Bertz CT molecular complexity index is 255. The van der Waals surface area contributed by atoms with Crippen LogP contribution in [0, 0.1) is 0 Å². The van der Waals surface area contributed by atoms with Gasteiger partial charge in [0, 0.05) is 0 Å². The fourth-order valence-electron chi connectivity index (χ4n) is 1.41. The third-order valence-corrected chi connectivity index (χ3v) is 2.18. The number of rotatable bonds is 0. The normalized spacial score (nSPS) is 28.0. The minimum atomic E-state index is -1.77. The number of nitrogens with zero attached hydrogens (tertiary/aromatic N) is 1. The number of aliphatic hydroxyl groups is 1. The Balaban J connectivity index is 2.58. The maximum Gasteiger partial charge on any atom is 0.410 e. The fraction of sp³-hybridized carbons (Fsp3) is 0.900. The van der Waals surface area contributed by atoms with Crippen LogP contribution in [0.4, 0.5) is 13.6 Å². The number of ether oxygens (including phenoxy) is 1. The summed E-state index contributed by atoms with van der Waals surface area (Å²) in [5, 5.41) is 9.05. The van der Waals surface area contributed by atoms with Crippen molar-refractivity contribution in [3.63, 3.8) is 0 Å². The highest BCUT2D eigenvalue weighted by atomic mass is 19.1. The second kappa shape index (κ2) is 4.53. The van der Waals surface area contributed by atoms with Gasteiger partial charge in [0.25, 0.3) is 0 Å². The Hall–Kier alpha value is -0.910. The van der Waals surface area contributed by atoms with Crippen LogP contribution in [0.3, 0.4) is 0 Å². The van der Waals surface area contributed by atoms with E-state index in [-0.39, 0.29) is 13.1 Å². The Morgan fingerprint density at radius 2 is 1.75 bits per heavy atom. The number of hydrogen-bond donors (Lipinski definition) is 1. The zero-order valence-electron chi connectivity index (χ0n) is 9.61. The van der Waals surface area contributed by atoms with E-state index in [4.69, 9.17) is 9.84 Å². The number of likely N-dealkylation sites (tertiary alicyclic amines) is 1. The van der Waals surface area contributed by atoms with Gasteiger partial charge in [-0.25, -0.2) is 13.6 Å². The first kappa shape index (κ1) is 13.2. The molecule has 0 bridgehead atoms. The third-order valence-electron chi connectivity index (χ3n) is 2.18. The summed E-state index contributed by atoms with van der Waals surface area (Å²) in [7, 11) is 0. The molecule has 94 valence electrons. The van der Waals surface area contributed by atoms with E-state index in [0.29, 0.717) is 0 Å². The number of carbonyl (C=O) groups excluding carboxylic acids is 1. The summed E-state index contributed by atoms with van der Waals surface area (Å²) in [6.07, 6.45) is -5.95. The molecular weight excluding hydrogens is 220 g/mol. The largest absolute Gasteiger partial charge is 0.444 e. The monoisotopic (exact) mass is 237 g/mol. The molecule has 0 radical (unpaired) electrons. The summed E-state index contributed by atoms with van der Waals surface area (Å²) < 4.78 is 31.2. The SMILES string of the molecule is CC(C)(C)OC(=O)N1C[C@@H](F)C(O)[C@H](F)C1. The molecule has 0 saturated carbocycles. The average molecular weight is 237 g/mol. The van der Waals surface area contributed by atoms with Crippen LogP contribution in [0.1, 0.15) is 20.8 Å². The molecule has 16 heavy (non-hydrogen) atoms. The quantitative estimate of drug-likeness (QED) is 0.690. The number of halogens is 2. The maximum absolute atomic E-state index is 13.1. The van der Waals surface area contributed by atoms with Gasteiger partial charge in [0.2, 0.25) is 0 Å². The fourth-order valence-corrected chi connectivity index (χ4v) is 1.41. The van der Waals surface area contributed by atoms with Crippen molar-refractivity contribution in [1.82, 2.24) is 4.90 Å². The van der Waals surface area contributed by atoms with Gasteiger partial charge in [0.05, 0.1) is 13.1 Å². The lowest BCUT2D eigenvalue weighted by Gasteiger charge is -2.35. The Morgan fingerprint density at radius 1 is 1.31 bits per heavy atom. The summed E-state index contributed by atoms with van der Waals surface area (Å²) >= 11 is 0. The van der Waals surface area contributed by atoms with Gasteiger partial charge in [-0.1, -0.05) is 0 Å². The van der Waals surface area contributed by atoms with Gasteiger partial charge in [-0.05, 0) is 20.8 Å². The number of piperidine rings is 1. The zero-order chi connectivity index (χ0) is 12.5. The first-order chi connectivity index (χ1) is 7.20. The lowest BCUT2D eigenvalue weighted by atomic mass is 10.1. The van der Waals surface area contributed by atoms with Crippen LogP contribution < -0.4 is 0 Å². The lowest BCUT2D eigenvalue weighted by Crippen LogP contribution is -2.54. The van der Waals surface area contributed by atoms with Gasteiger partial charge in [-0.3, -0.25) is 0 Å². The van der Waals surface area contributed by atoms with Crippen molar-refractivity contribution in [3.8, 4) is 0 Å². The molecule has 2 atom stereocenters. The molecule has 1 aliphatic rings. The van der Waals surface area contributed by atoms with E-state index in [1.807, 2.05) is 0 Å². The Kier molecular flexibility index (Phi) is 3.72. The highest BCUT2D eigenvalue weighted by Gasteiger charge is 2.39. The number of carbonyl (C=O) groups is 1. The maximum atomic E-state index is 13.1. The van der Waals surface area contributed by atoms with Crippen molar-refractivity contribution in [2.24, 2.45) is 0 Å². The lowest BCUT2D eigenvalue weighted by molar-refractivity contribution is -0.0563. The van der Waals surface area contributed by atoms with Gasteiger partial charge in [0.1, 0.15) is 24.0 Å². The molecular formula is C10H17F2NO3. The smallest absolute Gasteiger partial charge is 0.410 e. The summed E-state index contributed by atoms with van der Waals surface area (Å²) in [6.45, 7) is 4.34. The highest BCUT2D eigenvalue weighted by molar-refractivity contribution is 5.68. The Morgan fingerprint density at radius 3 is 2.12 bits per heavy atom. The number of hydrogen-bond acceptors (Lipinski definition) is 3. The predicted molar refractivity (Wildman–Crippen MR) is 53.6 cm³/mol. The van der Waals surface area contributed by atoms with Crippen molar-refractivity contribution in [2.45, 2.75) is 44.8 Å². The standard InChI is InChI=1S/C10H17F2NO3/c1-10(2,3)16-9(15)13-4-6(11)8(14)7(12)5-13/h6-8,14H,4-5H2,1-3H3/t6-,7-/m1/s1. The van der Waals surface area contributed by atoms with Crippen molar-refractivity contribution < 1.29 is 23.4 Å². The predicted octanol–water partition coefficient (Wildman–Crippen LogP) is 1.27. The van der Waals surface area contributed by atoms with Crippen LogP contribution in [-0.2, 0) is 4.74 Å². The molecule has 6 heteroatoms. The van der Waals surface area contributed by atoms with E-state index >= 15 is 0 Å². The van der Waals surface area contributed by atoms with E-state index < -0.39 is 30.1 Å². The van der Waals surface area contributed by atoms with E-state index in [0.717, 1.165) is 4.90 Å². The van der Waals surface area contributed by atoms with Crippen molar-refractivity contribution >= 4 is 6.09 Å². The summed E-state index contributed by atoms with van der Waals surface area (Å²) in [5.41, 5.74) is -0.704. The first-order valence-corrected chi connectivity index (χ1v) is 5.15. The van der Waals surface area contributed by atoms with Crippen LogP contribution in [0.25, 0.3) is 0 Å². The molecule has 1 saturated heterocycles.